The Hall–Kier alpha value is -1.19. The molecule has 0 saturated carbocycles. The van der Waals surface area contributed by atoms with E-state index >= 15 is 0 Å². The highest BCUT2D eigenvalue weighted by molar-refractivity contribution is 7.09. The van der Waals surface area contributed by atoms with Crippen molar-refractivity contribution >= 4 is 11.3 Å². The predicted octanol–water partition coefficient (Wildman–Crippen LogP) is 4.68. The van der Waals surface area contributed by atoms with E-state index in [2.05, 4.69) is 62.3 Å². The van der Waals surface area contributed by atoms with Crippen molar-refractivity contribution in [3.63, 3.8) is 0 Å². The normalized spacial score (nSPS) is 13.4. The van der Waals surface area contributed by atoms with Crippen LogP contribution in [0.5, 0.6) is 0 Å². The van der Waals surface area contributed by atoms with E-state index in [-0.39, 0.29) is 5.41 Å². The lowest BCUT2D eigenvalue weighted by Gasteiger charge is -2.19. The largest absolute Gasteiger partial charge is 0.304 e. The first kappa shape index (κ1) is 15.2. The van der Waals surface area contributed by atoms with Gasteiger partial charge in [0.2, 0.25) is 0 Å². The van der Waals surface area contributed by atoms with Crippen LogP contribution in [0.3, 0.4) is 0 Å². The number of thiazole rings is 1. The zero-order chi connectivity index (χ0) is 14.6. The first-order valence-electron chi connectivity index (χ1n) is 7.23. The fourth-order valence-corrected chi connectivity index (χ4v) is 2.97. The molecule has 0 spiro atoms. The van der Waals surface area contributed by atoms with Crippen LogP contribution in [0.25, 0.3) is 0 Å². The average Bonchev–Trinajstić information content (AvgIpc) is 2.93. The molecule has 1 heterocycles. The lowest BCUT2D eigenvalue weighted by Crippen LogP contribution is -2.20. The lowest BCUT2D eigenvalue weighted by molar-refractivity contribution is 0.516. The summed E-state index contributed by atoms with van der Waals surface area (Å²) in [7, 11) is 0. The summed E-state index contributed by atoms with van der Waals surface area (Å²) >= 11 is 1.72. The van der Waals surface area contributed by atoms with Gasteiger partial charge in [-0.1, -0.05) is 52.0 Å². The van der Waals surface area contributed by atoms with Gasteiger partial charge in [-0.05, 0) is 23.0 Å². The van der Waals surface area contributed by atoms with Crippen LogP contribution in [-0.4, -0.2) is 4.98 Å². The molecule has 0 aliphatic heterocycles. The molecule has 2 nitrogen and oxygen atoms in total. The van der Waals surface area contributed by atoms with E-state index in [1.54, 1.807) is 11.3 Å². The first-order chi connectivity index (χ1) is 9.50. The van der Waals surface area contributed by atoms with Crippen LogP contribution in [0, 0.1) is 0 Å². The summed E-state index contributed by atoms with van der Waals surface area (Å²) in [5.74, 6) is 0. The molecule has 0 bridgehead atoms. The Kier molecular flexibility index (Phi) is 4.95. The van der Waals surface area contributed by atoms with Crippen LogP contribution in [0.2, 0.25) is 0 Å². The van der Waals surface area contributed by atoms with Crippen LogP contribution in [0.4, 0.5) is 0 Å². The number of nitrogens with zero attached hydrogens (tertiary/aromatic N) is 1. The molecule has 2 rings (SSSR count). The molecule has 108 valence electrons. The van der Waals surface area contributed by atoms with Gasteiger partial charge in [-0.15, -0.1) is 11.3 Å². The molecular weight excluding hydrogens is 264 g/mol. The Balaban J connectivity index is 1.97. The van der Waals surface area contributed by atoms with Gasteiger partial charge in [-0.3, -0.25) is 0 Å². The minimum Gasteiger partial charge on any atom is -0.304 e. The topological polar surface area (TPSA) is 24.9 Å². The number of hydrogen-bond donors (Lipinski definition) is 1. The molecule has 1 N–H and O–H groups in total. The third-order valence-corrected chi connectivity index (χ3v) is 4.42. The van der Waals surface area contributed by atoms with E-state index in [0.717, 1.165) is 13.0 Å². The van der Waals surface area contributed by atoms with E-state index < -0.39 is 0 Å². The maximum atomic E-state index is 4.40. The highest BCUT2D eigenvalue weighted by Crippen LogP contribution is 2.23. The molecule has 0 amide bonds. The molecule has 1 aromatic heterocycles. The maximum absolute atomic E-state index is 4.40. The maximum Gasteiger partial charge on any atom is 0.109 e. The quantitative estimate of drug-likeness (QED) is 0.864. The zero-order valence-corrected chi connectivity index (χ0v) is 13.6. The Labute approximate surface area is 126 Å². The first-order valence-corrected chi connectivity index (χ1v) is 8.11. The molecular formula is C17H24N2S. The van der Waals surface area contributed by atoms with E-state index in [9.17, 15) is 0 Å². The van der Waals surface area contributed by atoms with Crippen LogP contribution in [0.1, 0.15) is 56.3 Å². The van der Waals surface area contributed by atoms with Crippen LogP contribution < -0.4 is 5.32 Å². The summed E-state index contributed by atoms with van der Waals surface area (Å²) in [6.45, 7) is 9.83. The van der Waals surface area contributed by atoms with Crippen molar-refractivity contribution in [2.75, 3.05) is 0 Å². The summed E-state index contributed by atoms with van der Waals surface area (Å²) in [6, 6.07) is 9.28. The molecule has 1 unspecified atom stereocenters. The lowest BCUT2D eigenvalue weighted by atomic mass is 9.87. The second-order valence-electron chi connectivity index (χ2n) is 6.16. The highest BCUT2D eigenvalue weighted by Gasteiger charge is 2.14. The second kappa shape index (κ2) is 6.51. The Morgan fingerprint density at radius 1 is 1.20 bits per heavy atom. The minimum atomic E-state index is 0.221. The van der Waals surface area contributed by atoms with Crippen molar-refractivity contribution in [3.05, 3.63) is 52.0 Å². The van der Waals surface area contributed by atoms with Crippen LogP contribution >= 0.6 is 11.3 Å². The van der Waals surface area contributed by atoms with Gasteiger partial charge in [0, 0.05) is 18.1 Å². The third kappa shape index (κ3) is 3.90. The van der Waals surface area contributed by atoms with E-state index in [4.69, 9.17) is 0 Å². The Bertz CT molecular complexity index is 509. The molecule has 0 fully saturated rings. The third-order valence-electron chi connectivity index (χ3n) is 3.53. The summed E-state index contributed by atoms with van der Waals surface area (Å²) in [4.78, 5) is 4.40. The summed E-state index contributed by atoms with van der Waals surface area (Å²) in [6.07, 6.45) is 2.94. The van der Waals surface area contributed by atoms with E-state index in [1.165, 1.54) is 16.1 Å². The molecule has 3 heteroatoms. The van der Waals surface area contributed by atoms with E-state index in [0.29, 0.717) is 6.04 Å². The SMILES string of the molecule is CCC(NCc1ccc(C(C)(C)C)cc1)c1nccs1. The fraction of sp³-hybridized carbons (Fsp3) is 0.471. The van der Waals surface area contributed by atoms with Crippen LogP contribution in [0.15, 0.2) is 35.8 Å². The van der Waals surface area contributed by atoms with Crippen molar-refractivity contribution in [2.45, 2.75) is 52.1 Å². The van der Waals surface area contributed by atoms with Gasteiger partial charge in [0.05, 0.1) is 6.04 Å². The van der Waals surface area contributed by atoms with Crippen molar-refractivity contribution in [3.8, 4) is 0 Å². The zero-order valence-electron chi connectivity index (χ0n) is 12.8. The summed E-state index contributed by atoms with van der Waals surface area (Å²) in [5.41, 5.74) is 2.93. The fourth-order valence-electron chi connectivity index (χ4n) is 2.18. The number of aromatic nitrogens is 1. The average molecular weight is 288 g/mol. The van der Waals surface area contributed by atoms with Crippen molar-refractivity contribution in [2.24, 2.45) is 0 Å². The van der Waals surface area contributed by atoms with Gasteiger partial charge in [-0.2, -0.15) is 0 Å². The number of hydrogen-bond acceptors (Lipinski definition) is 3. The molecule has 0 saturated heterocycles. The molecule has 0 aliphatic carbocycles. The van der Waals surface area contributed by atoms with Crippen LogP contribution in [-0.2, 0) is 12.0 Å². The molecule has 0 aliphatic rings. The standard InChI is InChI=1S/C17H24N2S/c1-5-15(16-18-10-11-20-16)19-12-13-6-8-14(9-7-13)17(2,3)4/h6-11,15,19H,5,12H2,1-4H3. The van der Waals surface area contributed by atoms with Crippen molar-refractivity contribution in [1.82, 2.24) is 10.3 Å². The van der Waals surface area contributed by atoms with Gasteiger partial charge < -0.3 is 5.32 Å². The number of nitrogens with one attached hydrogen (secondary N) is 1. The van der Waals surface area contributed by atoms with Gasteiger partial charge in [0.25, 0.3) is 0 Å². The van der Waals surface area contributed by atoms with E-state index in [1.807, 2.05) is 11.6 Å². The molecule has 20 heavy (non-hydrogen) atoms. The summed E-state index contributed by atoms with van der Waals surface area (Å²) < 4.78 is 0. The van der Waals surface area contributed by atoms with Gasteiger partial charge >= 0.3 is 0 Å². The molecule has 1 atom stereocenters. The predicted molar refractivity (Wildman–Crippen MR) is 87.1 cm³/mol. The van der Waals surface area contributed by atoms with Gasteiger partial charge in [-0.25, -0.2) is 4.98 Å². The molecule has 0 radical (unpaired) electrons. The number of benzene rings is 1. The number of rotatable bonds is 5. The monoisotopic (exact) mass is 288 g/mol. The Morgan fingerprint density at radius 2 is 1.90 bits per heavy atom. The molecule has 2 aromatic rings. The molecule has 1 aromatic carbocycles. The van der Waals surface area contributed by atoms with Crippen molar-refractivity contribution in [1.29, 1.82) is 0 Å². The Morgan fingerprint density at radius 3 is 2.40 bits per heavy atom. The van der Waals surface area contributed by atoms with Crippen molar-refractivity contribution < 1.29 is 0 Å². The minimum absolute atomic E-state index is 0.221. The van der Waals surface area contributed by atoms with Gasteiger partial charge in [0.1, 0.15) is 5.01 Å². The second-order valence-corrected chi connectivity index (χ2v) is 7.09. The van der Waals surface area contributed by atoms with Gasteiger partial charge in [0.15, 0.2) is 0 Å². The smallest absolute Gasteiger partial charge is 0.109 e. The summed E-state index contributed by atoms with van der Waals surface area (Å²) in [5, 5.41) is 6.81. The highest BCUT2D eigenvalue weighted by atomic mass is 32.1.